The average Bonchev–Trinajstić information content (AvgIpc) is 2.85. The Hall–Kier alpha value is -3.49. The number of amides is 2. The monoisotopic (exact) mass is 484 g/mol. The van der Waals surface area contributed by atoms with E-state index in [4.69, 9.17) is 22.4 Å². The number of hydrogen-bond acceptors (Lipinski definition) is 5. The molecule has 1 atom stereocenters. The van der Waals surface area contributed by atoms with Crippen LogP contribution in [0.4, 0.5) is 10.2 Å². The number of nitrogens with two attached hydrogens (primary N) is 1. The zero-order valence-corrected chi connectivity index (χ0v) is 19.4. The number of rotatable bonds is 5. The van der Waals surface area contributed by atoms with Crippen LogP contribution in [0.15, 0.2) is 54.7 Å². The summed E-state index contributed by atoms with van der Waals surface area (Å²) >= 11 is 5.95. The molecule has 5 N–H and O–H groups in total. The Labute approximate surface area is 202 Å². The van der Waals surface area contributed by atoms with Gasteiger partial charge in [0.1, 0.15) is 11.6 Å². The summed E-state index contributed by atoms with van der Waals surface area (Å²) in [6, 6.07) is 13.3. The Morgan fingerprint density at radius 2 is 2.06 bits per heavy atom. The molecule has 3 aromatic rings. The van der Waals surface area contributed by atoms with Crippen LogP contribution in [0.2, 0.25) is 5.02 Å². The van der Waals surface area contributed by atoms with Crippen LogP contribution in [0.5, 0.6) is 0 Å². The van der Waals surface area contributed by atoms with Gasteiger partial charge in [0.25, 0.3) is 5.91 Å². The van der Waals surface area contributed by atoms with Crippen LogP contribution in [0.1, 0.15) is 40.2 Å². The van der Waals surface area contributed by atoms with Gasteiger partial charge in [0, 0.05) is 49.3 Å². The molecule has 7 nitrogen and oxygen atoms in total. The second-order valence-corrected chi connectivity index (χ2v) is 8.18. The number of benzene rings is 2. The Morgan fingerprint density at radius 3 is 2.74 bits per heavy atom. The second kappa shape index (κ2) is 11.6. The van der Waals surface area contributed by atoms with Gasteiger partial charge in [-0.25, -0.2) is 9.37 Å². The van der Waals surface area contributed by atoms with E-state index in [1.807, 2.05) is 12.1 Å². The maximum atomic E-state index is 14.8. The van der Waals surface area contributed by atoms with Crippen LogP contribution in [-0.2, 0) is 11.3 Å². The van der Waals surface area contributed by atoms with E-state index in [0.29, 0.717) is 29.1 Å². The Balaban J connectivity index is 0.00000158. The molecule has 4 rings (SSSR count). The first-order chi connectivity index (χ1) is 16.4. The van der Waals surface area contributed by atoms with Crippen molar-refractivity contribution in [2.45, 2.75) is 25.3 Å². The number of carbonyl (C=O) groups is 2. The van der Waals surface area contributed by atoms with Gasteiger partial charge < -0.3 is 21.5 Å². The fourth-order valence-electron chi connectivity index (χ4n) is 3.75. The van der Waals surface area contributed by atoms with Crippen molar-refractivity contribution in [3.63, 3.8) is 0 Å². The molecule has 1 aromatic heterocycles. The molecule has 1 aliphatic heterocycles. The van der Waals surface area contributed by atoms with Crippen LogP contribution >= 0.6 is 11.6 Å². The molecule has 0 saturated carbocycles. The highest BCUT2D eigenvalue weighted by atomic mass is 35.5. The number of aliphatic hydroxyl groups excluding tert-OH is 1. The van der Waals surface area contributed by atoms with Crippen molar-refractivity contribution in [1.29, 1.82) is 0 Å². The lowest BCUT2D eigenvalue weighted by atomic mass is 9.90. The number of pyridine rings is 1. The largest absolute Gasteiger partial charge is 0.400 e. The fourth-order valence-corrected chi connectivity index (χ4v) is 3.97. The lowest BCUT2D eigenvalue weighted by molar-refractivity contribution is -0.122. The maximum Gasteiger partial charge on any atom is 0.254 e. The van der Waals surface area contributed by atoms with Crippen LogP contribution < -0.4 is 16.4 Å². The van der Waals surface area contributed by atoms with E-state index in [2.05, 4.69) is 15.6 Å². The minimum absolute atomic E-state index is 0.0381. The van der Waals surface area contributed by atoms with Gasteiger partial charge in [-0.15, -0.1) is 0 Å². The third-order valence-electron chi connectivity index (χ3n) is 5.54. The second-order valence-electron chi connectivity index (χ2n) is 7.75. The van der Waals surface area contributed by atoms with Crippen LogP contribution in [0.25, 0.3) is 11.1 Å². The van der Waals surface area contributed by atoms with E-state index in [9.17, 15) is 14.0 Å². The van der Waals surface area contributed by atoms with Crippen LogP contribution in [0, 0.1) is 5.82 Å². The minimum Gasteiger partial charge on any atom is -0.400 e. The summed E-state index contributed by atoms with van der Waals surface area (Å²) in [7, 11) is 1.00. The van der Waals surface area contributed by atoms with Crippen molar-refractivity contribution in [1.82, 2.24) is 15.6 Å². The molecular formula is C25H26ClFN4O3. The Bertz CT molecular complexity index is 1180. The molecule has 1 saturated heterocycles. The van der Waals surface area contributed by atoms with Gasteiger partial charge in [-0.2, -0.15) is 0 Å². The summed E-state index contributed by atoms with van der Waals surface area (Å²) in [5.74, 6) is -0.740. The standard InChI is InChI=1S/C24H22ClFN4O2.CH4O/c25-18-3-1-2-14(8-18)11-30-24(32)19-6-4-15(10-21(19)26)20-9-17(13-29-23(20)27)16-5-7-22(31)28-12-16;1-2/h1-4,6,8-10,13,16H,5,7,11-12H2,(H2,27,29)(H,28,31)(H,30,32);2H,1H3. The normalized spacial score (nSPS) is 15.1. The predicted molar refractivity (Wildman–Crippen MR) is 130 cm³/mol. The van der Waals surface area contributed by atoms with E-state index in [1.54, 1.807) is 30.5 Å². The van der Waals surface area contributed by atoms with Gasteiger partial charge in [-0.1, -0.05) is 29.8 Å². The van der Waals surface area contributed by atoms with Gasteiger partial charge in [0.05, 0.1) is 5.56 Å². The number of hydrogen-bond donors (Lipinski definition) is 4. The molecule has 34 heavy (non-hydrogen) atoms. The molecule has 0 spiro atoms. The first-order valence-corrected chi connectivity index (χ1v) is 11.1. The fraction of sp³-hybridized carbons (Fsp3) is 0.240. The number of nitrogens with zero attached hydrogens (tertiary/aromatic N) is 1. The van der Waals surface area contributed by atoms with Crippen molar-refractivity contribution >= 4 is 29.2 Å². The minimum atomic E-state index is -0.652. The lowest BCUT2D eigenvalue weighted by Crippen LogP contribution is -2.33. The Kier molecular flexibility index (Phi) is 8.56. The van der Waals surface area contributed by atoms with Crippen molar-refractivity contribution in [3.8, 4) is 11.1 Å². The number of halogens is 2. The highest BCUT2D eigenvalue weighted by molar-refractivity contribution is 6.30. The smallest absolute Gasteiger partial charge is 0.254 e. The van der Waals surface area contributed by atoms with E-state index in [1.165, 1.54) is 12.1 Å². The quantitative estimate of drug-likeness (QED) is 0.441. The van der Waals surface area contributed by atoms with Crippen molar-refractivity contribution in [2.24, 2.45) is 0 Å². The SMILES string of the molecule is CO.Nc1ncc(C2CCC(=O)NC2)cc1-c1ccc(C(=O)NCc2cccc(Cl)c2)c(F)c1. The molecule has 0 aliphatic carbocycles. The summed E-state index contributed by atoms with van der Waals surface area (Å²) in [6.45, 7) is 0.765. The summed E-state index contributed by atoms with van der Waals surface area (Å²) in [4.78, 5) is 28.2. The molecule has 178 valence electrons. The van der Waals surface area contributed by atoms with Crippen LogP contribution in [-0.4, -0.2) is 35.6 Å². The number of aromatic nitrogens is 1. The van der Waals surface area contributed by atoms with Gasteiger partial charge >= 0.3 is 0 Å². The molecule has 1 unspecified atom stereocenters. The topological polar surface area (TPSA) is 117 Å². The number of aliphatic hydroxyl groups is 1. The van der Waals surface area contributed by atoms with Crippen LogP contribution in [0.3, 0.4) is 0 Å². The van der Waals surface area contributed by atoms with E-state index < -0.39 is 11.7 Å². The molecule has 9 heteroatoms. The molecule has 0 radical (unpaired) electrons. The molecular weight excluding hydrogens is 459 g/mol. The molecule has 2 aromatic carbocycles. The summed E-state index contributed by atoms with van der Waals surface area (Å²) in [5.41, 5.74) is 8.85. The third-order valence-corrected chi connectivity index (χ3v) is 5.78. The summed E-state index contributed by atoms with van der Waals surface area (Å²) < 4.78 is 14.8. The number of nitrogens with one attached hydrogen (secondary N) is 2. The third kappa shape index (κ3) is 6.09. The number of carbonyl (C=O) groups excluding carboxylic acids is 2. The Morgan fingerprint density at radius 1 is 1.26 bits per heavy atom. The summed E-state index contributed by atoms with van der Waals surface area (Å²) in [6.07, 6.45) is 2.87. The van der Waals surface area contributed by atoms with Gasteiger partial charge in [-0.3, -0.25) is 9.59 Å². The first-order valence-electron chi connectivity index (χ1n) is 10.7. The van der Waals surface area contributed by atoms with Crippen molar-refractivity contribution < 1.29 is 19.1 Å². The first kappa shape index (κ1) is 25.1. The highest BCUT2D eigenvalue weighted by Gasteiger charge is 2.21. The zero-order valence-electron chi connectivity index (χ0n) is 18.6. The lowest BCUT2D eigenvalue weighted by Gasteiger charge is -2.23. The van der Waals surface area contributed by atoms with E-state index in [-0.39, 0.29) is 29.8 Å². The van der Waals surface area contributed by atoms with Gasteiger partial charge in [0.2, 0.25) is 5.91 Å². The molecule has 2 amide bonds. The number of nitrogen functional groups attached to an aromatic ring is 1. The molecule has 1 aliphatic rings. The van der Waals surface area contributed by atoms with Gasteiger partial charge in [0.15, 0.2) is 0 Å². The average molecular weight is 485 g/mol. The summed E-state index contributed by atoms with van der Waals surface area (Å²) in [5, 5.41) is 13.1. The molecule has 0 bridgehead atoms. The predicted octanol–water partition coefficient (Wildman–Crippen LogP) is 3.66. The maximum absolute atomic E-state index is 14.8. The van der Waals surface area contributed by atoms with E-state index >= 15 is 0 Å². The molecule has 2 heterocycles. The highest BCUT2D eigenvalue weighted by Crippen LogP contribution is 2.31. The zero-order chi connectivity index (χ0) is 24.7. The van der Waals surface area contributed by atoms with E-state index in [0.717, 1.165) is 24.7 Å². The number of piperidine rings is 1. The van der Waals surface area contributed by atoms with Gasteiger partial charge in [-0.05, 0) is 53.4 Å². The number of anilines is 1. The molecule has 1 fully saturated rings. The van der Waals surface area contributed by atoms with Crippen molar-refractivity contribution in [3.05, 3.63) is 82.3 Å². The van der Waals surface area contributed by atoms with Crippen molar-refractivity contribution in [2.75, 3.05) is 19.4 Å².